The van der Waals surface area contributed by atoms with Gasteiger partial charge in [0.05, 0.1) is 24.0 Å². The highest BCUT2D eigenvalue weighted by atomic mass is 19.4. The number of anilines is 1. The first-order valence-electron chi connectivity index (χ1n) is 9.73. The summed E-state index contributed by atoms with van der Waals surface area (Å²) in [5.41, 5.74) is 1.68. The third-order valence-corrected chi connectivity index (χ3v) is 4.76. The van der Waals surface area contributed by atoms with E-state index in [0.29, 0.717) is 17.3 Å². The number of nitrogens with zero attached hydrogens (tertiary/aromatic N) is 2. The van der Waals surface area contributed by atoms with E-state index < -0.39 is 17.7 Å². The van der Waals surface area contributed by atoms with Gasteiger partial charge in [0.15, 0.2) is 5.69 Å². The maximum Gasteiger partial charge on any atom is 0.416 e. The molecule has 1 unspecified atom stereocenters. The minimum Gasteiger partial charge on any atom is -0.476 e. The molecule has 0 bridgehead atoms. The van der Waals surface area contributed by atoms with Gasteiger partial charge in [-0.2, -0.15) is 13.2 Å². The summed E-state index contributed by atoms with van der Waals surface area (Å²) in [7, 11) is 0. The lowest BCUT2D eigenvalue weighted by Crippen LogP contribution is -2.15. The molecule has 8 heteroatoms. The van der Waals surface area contributed by atoms with Crippen molar-refractivity contribution in [3.63, 3.8) is 0 Å². The van der Waals surface area contributed by atoms with Gasteiger partial charge < -0.3 is 10.4 Å². The zero-order valence-corrected chi connectivity index (χ0v) is 17.0. The lowest BCUT2D eigenvalue weighted by Gasteiger charge is -2.22. The van der Waals surface area contributed by atoms with Crippen molar-refractivity contribution in [2.45, 2.75) is 32.5 Å². The standard InChI is InChI=1S/C23H22F3N3O2/c1-14(2)11-19(29-21-13-27-20(12-28-21)22(30)31)17-5-3-15(4-6-17)16-7-9-18(10-8-16)23(24,25)26/h3-10,12-14,19H,11H2,1-2H3,(H,28,29)(H,30,31). The Labute approximate surface area is 178 Å². The van der Waals surface area contributed by atoms with Gasteiger partial charge in [0, 0.05) is 0 Å². The van der Waals surface area contributed by atoms with E-state index in [9.17, 15) is 18.0 Å². The number of nitrogens with one attached hydrogen (secondary N) is 1. The van der Waals surface area contributed by atoms with Gasteiger partial charge in [0.1, 0.15) is 5.82 Å². The van der Waals surface area contributed by atoms with Crippen molar-refractivity contribution in [3.8, 4) is 11.1 Å². The monoisotopic (exact) mass is 429 g/mol. The first-order valence-corrected chi connectivity index (χ1v) is 9.73. The number of carboxylic acids is 1. The van der Waals surface area contributed by atoms with Crippen LogP contribution in [-0.2, 0) is 6.18 Å². The molecule has 3 rings (SSSR count). The van der Waals surface area contributed by atoms with Crippen LogP contribution < -0.4 is 5.32 Å². The van der Waals surface area contributed by atoms with Gasteiger partial charge in [0.2, 0.25) is 0 Å². The van der Waals surface area contributed by atoms with Crippen molar-refractivity contribution in [2.75, 3.05) is 5.32 Å². The van der Waals surface area contributed by atoms with Crippen LogP contribution in [0.25, 0.3) is 11.1 Å². The molecule has 162 valence electrons. The second-order valence-electron chi connectivity index (χ2n) is 7.62. The lowest BCUT2D eigenvalue weighted by atomic mass is 9.95. The Morgan fingerprint density at radius 3 is 2.00 bits per heavy atom. The van der Waals surface area contributed by atoms with Crippen LogP contribution >= 0.6 is 0 Å². The van der Waals surface area contributed by atoms with Crippen molar-refractivity contribution in [1.29, 1.82) is 0 Å². The average Bonchev–Trinajstić information content (AvgIpc) is 2.73. The van der Waals surface area contributed by atoms with Crippen LogP contribution in [0.5, 0.6) is 0 Å². The fourth-order valence-electron chi connectivity index (χ4n) is 3.20. The third kappa shape index (κ3) is 5.81. The Hall–Kier alpha value is -3.42. The summed E-state index contributed by atoms with van der Waals surface area (Å²) in [4.78, 5) is 18.9. The number of carbonyl (C=O) groups is 1. The summed E-state index contributed by atoms with van der Waals surface area (Å²) in [6.45, 7) is 4.18. The highest BCUT2D eigenvalue weighted by Crippen LogP contribution is 2.32. The molecule has 3 aromatic rings. The average molecular weight is 429 g/mol. The van der Waals surface area contributed by atoms with E-state index in [-0.39, 0.29) is 11.7 Å². The number of aromatic carboxylic acids is 1. The zero-order chi connectivity index (χ0) is 22.6. The predicted octanol–water partition coefficient (Wildman–Crippen LogP) is 6.06. The molecule has 1 atom stereocenters. The summed E-state index contributed by atoms with van der Waals surface area (Å²) in [6.07, 6.45) is -0.982. The maximum absolute atomic E-state index is 12.8. The fourth-order valence-corrected chi connectivity index (χ4v) is 3.20. The lowest BCUT2D eigenvalue weighted by molar-refractivity contribution is -0.137. The molecular weight excluding hydrogens is 407 g/mol. The maximum atomic E-state index is 12.8. The molecule has 0 amide bonds. The van der Waals surface area contributed by atoms with E-state index in [0.717, 1.165) is 29.7 Å². The molecule has 0 aliphatic carbocycles. The predicted molar refractivity (Wildman–Crippen MR) is 112 cm³/mol. The number of halogens is 3. The van der Waals surface area contributed by atoms with Crippen LogP contribution in [0.4, 0.5) is 19.0 Å². The van der Waals surface area contributed by atoms with Crippen molar-refractivity contribution >= 4 is 11.8 Å². The molecule has 0 saturated carbocycles. The third-order valence-electron chi connectivity index (χ3n) is 4.76. The first kappa shape index (κ1) is 22.3. The van der Waals surface area contributed by atoms with Crippen LogP contribution in [0.3, 0.4) is 0 Å². The number of rotatable bonds is 7. The van der Waals surface area contributed by atoms with Crippen molar-refractivity contribution < 1.29 is 23.1 Å². The number of aromatic nitrogens is 2. The molecule has 0 radical (unpaired) electrons. The molecule has 31 heavy (non-hydrogen) atoms. The van der Waals surface area contributed by atoms with Gasteiger partial charge in [-0.05, 0) is 41.2 Å². The SMILES string of the molecule is CC(C)CC(Nc1cnc(C(=O)O)cn1)c1ccc(-c2ccc(C(F)(F)F)cc2)cc1. The van der Waals surface area contributed by atoms with Gasteiger partial charge in [-0.25, -0.2) is 14.8 Å². The molecule has 2 aromatic carbocycles. The van der Waals surface area contributed by atoms with Crippen molar-refractivity contribution in [1.82, 2.24) is 9.97 Å². The molecule has 0 fully saturated rings. The van der Waals surface area contributed by atoms with Crippen LogP contribution in [-0.4, -0.2) is 21.0 Å². The van der Waals surface area contributed by atoms with Crippen molar-refractivity contribution in [2.24, 2.45) is 5.92 Å². The van der Waals surface area contributed by atoms with E-state index in [4.69, 9.17) is 5.11 Å². The fraction of sp³-hybridized carbons (Fsp3) is 0.261. The number of carboxylic acid groups (broad SMARTS) is 1. The van der Waals surface area contributed by atoms with Crippen LogP contribution in [0.2, 0.25) is 0 Å². The Morgan fingerprint density at radius 2 is 1.55 bits per heavy atom. The summed E-state index contributed by atoms with van der Waals surface area (Å²) in [5.74, 6) is -0.308. The largest absolute Gasteiger partial charge is 0.476 e. The molecule has 0 spiro atoms. The highest BCUT2D eigenvalue weighted by molar-refractivity contribution is 5.84. The second-order valence-corrected chi connectivity index (χ2v) is 7.62. The molecule has 1 heterocycles. The summed E-state index contributed by atoms with van der Waals surface area (Å²) >= 11 is 0. The second kappa shape index (κ2) is 9.16. The van der Waals surface area contributed by atoms with E-state index in [1.165, 1.54) is 24.5 Å². The van der Waals surface area contributed by atoms with Gasteiger partial charge >= 0.3 is 12.1 Å². The Balaban J connectivity index is 1.79. The molecule has 2 N–H and O–H groups in total. The van der Waals surface area contributed by atoms with Gasteiger partial charge in [0.25, 0.3) is 0 Å². The van der Waals surface area contributed by atoms with Gasteiger partial charge in [-0.15, -0.1) is 0 Å². The minimum absolute atomic E-state index is 0.0911. The topological polar surface area (TPSA) is 75.1 Å². The summed E-state index contributed by atoms with van der Waals surface area (Å²) < 4.78 is 38.3. The summed E-state index contributed by atoms with van der Waals surface area (Å²) in [5, 5.41) is 12.2. The smallest absolute Gasteiger partial charge is 0.416 e. The molecule has 1 aromatic heterocycles. The van der Waals surface area contributed by atoms with E-state index >= 15 is 0 Å². The Morgan fingerprint density at radius 1 is 0.968 bits per heavy atom. The Bertz CT molecular complexity index is 1020. The van der Waals surface area contributed by atoms with Crippen LogP contribution in [0, 0.1) is 5.92 Å². The number of hydrogen-bond donors (Lipinski definition) is 2. The molecule has 5 nitrogen and oxygen atoms in total. The number of hydrogen-bond acceptors (Lipinski definition) is 4. The minimum atomic E-state index is -4.36. The van der Waals surface area contributed by atoms with Gasteiger partial charge in [-0.3, -0.25) is 0 Å². The quantitative estimate of drug-likeness (QED) is 0.478. The van der Waals surface area contributed by atoms with E-state index in [2.05, 4.69) is 29.1 Å². The van der Waals surface area contributed by atoms with Gasteiger partial charge in [-0.1, -0.05) is 50.2 Å². The van der Waals surface area contributed by atoms with E-state index in [1.807, 2.05) is 24.3 Å². The molecule has 0 saturated heterocycles. The number of benzene rings is 2. The normalized spacial score (nSPS) is 12.6. The van der Waals surface area contributed by atoms with E-state index in [1.54, 1.807) is 0 Å². The van der Waals surface area contributed by atoms with Crippen LogP contribution in [0.1, 0.15) is 47.9 Å². The highest BCUT2D eigenvalue weighted by Gasteiger charge is 2.30. The Kier molecular flexibility index (Phi) is 6.58. The molecule has 0 aliphatic rings. The zero-order valence-electron chi connectivity index (χ0n) is 17.0. The van der Waals surface area contributed by atoms with Crippen molar-refractivity contribution in [3.05, 3.63) is 77.7 Å². The molecule has 0 aliphatic heterocycles. The first-order chi connectivity index (χ1) is 14.6. The number of alkyl halides is 3. The molecular formula is C23H22F3N3O2. The summed E-state index contributed by atoms with van der Waals surface area (Å²) in [6, 6.07) is 12.6. The van der Waals surface area contributed by atoms with Crippen LogP contribution in [0.15, 0.2) is 60.9 Å².